The van der Waals surface area contributed by atoms with Crippen LogP contribution >= 0.6 is 0 Å². The van der Waals surface area contributed by atoms with E-state index in [0.29, 0.717) is 6.61 Å². The van der Waals surface area contributed by atoms with Gasteiger partial charge in [-0.2, -0.15) is 0 Å². The molecule has 1 unspecified atom stereocenters. The number of carbonyl (C=O) groups excluding carboxylic acids is 1. The summed E-state index contributed by atoms with van der Waals surface area (Å²) in [6.07, 6.45) is 0. The molecule has 2 atom stereocenters. The summed E-state index contributed by atoms with van der Waals surface area (Å²) in [6.45, 7) is 6.39. The molecule has 19 heavy (non-hydrogen) atoms. The molecular weight excluding hydrogens is 242 g/mol. The Morgan fingerprint density at radius 2 is 1.95 bits per heavy atom. The Labute approximate surface area is 114 Å². The highest BCUT2D eigenvalue weighted by Crippen LogP contribution is 2.22. The van der Waals surface area contributed by atoms with Crippen molar-refractivity contribution in [1.29, 1.82) is 0 Å². The number of amides is 1. The number of ether oxygens (including phenoxy) is 1. The lowest BCUT2D eigenvalue weighted by Crippen LogP contribution is -2.49. The lowest BCUT2D eigenvalue weighted by molar-refractivity contribution is -0.122. The van der Waals surface area contributed by atoms with Crippen LogP contribution in [-0.2, 0) is 4.79 Å². The first-order chi connectivity index (χ1) is 8.95. The highest BCUT2D eigenvalue weighted by molar-refractivity contribution is 5.81. The first kappa shape index (κ1) is 15.5. The number of para-hydroxylation sites is 1. The zero-order chi connectivity index (χ0) is 14.4. The molecule has 5 heteroatoms. The zero-order valence-electron chi connectivity index (χ0n) is 11.8. The van der Waals surface area contributed by atoms with Gasteiger partial charge in [0.1, 0.15) is 12.4 Å². The maximum absolute atomic E-state index is 11.6. The van der Waals surface area contributed by atoms with Crippen molar-refractivity contribution in [3.05, 3.63) is 29.3 Å². The van der Waals surface area contributed by atoms with Crippen LogP contribution in [0.25, 0.3) is 0 Å². The molecule has 0 saturated carbocycles. The van der Waals surface area contributed by atoms with Crippen LogP contribution in [-0.4, -0.2) is 31.1 Å². The van der Waals surface area contributed by atoms with Crippen LogP contribution in [0.5, 0.6) is 5.75 Å². The van der Waals surface area contributed by atoms with Gasteiger partial charge in [0.2, 0.25) is 5.91 Å². The minimum Gasteiger partial charge on any atom is -0.491 e. The average Bonchev–Trinajstić information content (AvgIpc) is 2.37. The van der Waals surface area contributed by atoms with Crippen LogP contribution in [0.3, 0.4) is 0 Å². The molecule has 0 aliphatic rings. The van der Waals surface area contributed by atoms with Gasteiger partial charge in [0, 0.05) is 6.54 Å². The predicted molar refractivity (Wildman–Crippen MR) is 76.0 cm³/mol. The third-order valence-corrected chi connectivity index (χ3v) is 2.87. The highest BCUT2D eigenvalue weighted by atomic mass is 16.5. The minimum atomic E-state index is -0.664. The van der Waals surface area contributed by atoms with Gasteiger partial charge in [0.15, 0.2) is 0 Å². The molecule has 0 heterocycles. The number of nitrogens with two attached hydrogens (primary N) is 2. The first-order valence-electron chi connectivity index (χ1n) is 6.40. The summed E-state index contributed by atoms with van der Waals surface area (Å²) < 4.78 is 5.76. The number of hydrogen-bond donors (Lipinski definition) is 3. The third kappa shape index (κ3) is 4.54. The molecule has 0 saturated heterocycles. The molecule has 5 nitrogen and oxygen atoms in total. The molecular formula is C14H23N3O2. The predicted octanol–water partition coefficient (Wildman–Crippen LogP) is 0.473. The van der Waals surface area contributed by atoms with E-state index in [2.05, 4.69) is 5.32 Å². The molecule has 1 aromatic carbocycles. The molecule has 0 radical (unpaired) electrons. The minimum absolute atomic E-state index is 0.121. The monoisotopic (exact) mass is 265 g/mol. The molecule has 0 aliphatic heterocycles. The molecule has 5 N–H and O–H groups in total. The Balaban J connectivity index is 2.51. The van der Waals surface area contributed by atoms with Crippen LogP contribution in [0.2, 0.25) is 0 Å². The Morgan fingerprint density at radius 1 is 1.37 bits per heavy atom. The van der Waals surface area contributed by atoms with Gasteiger partial charge in [-0.15, -0.1) is 0 Å². The fourth-order valence-corrected chi connectivity index (χ4v) is 1.73. The SMILES string of the molecule is Cc1cccc(C)c1OCC(C)NC(=O)[C@@H](N)CN. The van der Waals surface area contributed by atoms with E-state index >= 15 is 0 Å². The molecule has 1 rings (SSSR count). The van der Waals surface area contributed by atoms with Crippen LogP contribution in [0.4, 0.5) is 0 Å². The summed E-state index contributed by atoms with van der Waals surface area (Å²) in [5.41, 5.74) is 13.0. The number of aryl methyl sites for hydroxylation is 2. The van der Waals surface area contributed by atoms with Crippen molar-refractivity contribution in [2.45, 2.75) is 32.9 Å². The second-order valence-corrected chi connectivity index (χ2v) is 4.78. The number of nitrogens with one attached hydrogen (secondary N) is 1. The van der Waals surface area contributed by atoms with Crippen molar-refractivity contribution in [2.75, 3.05) is 13.2 Å². The van der Waals surface area contributed by atoms with E-state index < -0.39 is 6.04 Å². The first-order valence-corrected chi connectivity index (χ1v) is 6.40. The maximum Gasteiger partial charge on any atom is 0.238 e. The van der Waals surface area contributed by atoms with E-state index in [1.807, 2.05) is 39.0 Å². The van der Waals surface area contributed by atoms with E-state index in [4.69, 9.17) is 16.2 Å². The van der Waals surface area contributed by atoms with Gasteiger partial charge >= 0.3 is 0 Å². The van der Waals surface area contributed by atoms with Crippen LogP contribution in [0.15, 0.2) is 18.2 Å². The van der Waals surface area contributed by atoms with Crippen molar-refractivity contribution in [2.24, 2.45) is 11.5 Å². The summed E-state index contributed by atoms with van der Waals surface area (Å²) in [5.74, 6) is 0.617. The summed E-state index contributed by atoms with van der Waals surface area (Å²) >= 11 is 0. The van der Waals surface area contributed by atoms with Crippen LogP contribution in [0.1, 0.15) is 18.1 Å². The fraction of sp³-hybridized carbons (Fsp3) is 0.500. The molecule has 0 bridgehead atoms. The van der Waals surface area contributed by atoms with Gasteiger partial charge in [-0.3, -0.25) is 4.79 Å². The summed E-state index contributed by atoms with van der Waals surface area (Å²) in [5, 5.41) is 2.77. The molecule has 0 spiro atoms. The van der Waals surface area contributed by atoms with Crippen molar-refractivity contribution in [1.82, 2.24) is 5.32 Å². The van der Waals surface area contributed by atoms with Gasteiger partial charge in [-0.25, -0.2) is 0 Å². The summed E-state index contributed by atoms with van der Waals surface area (Å²) in [4.78, 5) is 11.6. The molecule has 1 amide bonds. The number of benzene rings is 1. The second-order valence-electron chi connectivity index (χ2n) is 4.78. The van der Waals surface area contributed by atoms with Gasteiger partial charge in [-0.05, 0) is 31.9 Å². The smallest absolute Gasteiger partial charge is 0.238 e. The third-order valence-electron chi connectivity index (χ3n) is 2.87. The lowest BCUT2D eigenvalue weighted by atomic mass is 10.1. The van der Waals surface area contributed by atoms with E-state index in [0.717, 1.165) is 16.9 Å². The van der Waals surface area contributed by atoms with Gasteiger partial charge in [-0.1, -0.05) is 18.2 Å². The second kappa shape index (κ2) is 7.11. The van der Waals surface area contributed by atoms with Crippen LogP contribution in [0, 0.1) is 13.8 Å². The van der Waals surface area contributed by atoms with E-state index in [1.165, 1.54) is 0 Å². The largest absolute Gasteiger partial charge is 0.491 e. The standard InChI is InChI=1S/C14H23N3O2/c1-9-5-4-6-10(2)13(9)19-8-11(3)17-14(18)12(16)7-15/h4-6,11-12H,7-8,15-16H2,1-3H3,(H,17,18)/t11?,12-/m0/s1. The van der Waals surface area contributed by atoms with Crippen molar-refractivity contribution < 1.29 is 9.53 Å². The highest BCUT2D eigenvalue weighted by Gasteiger charge is 2.14. The number of carbonyl (C=O) groups is 1. The number of hydrogen-bond acceptors (Lipinski definition) is 4. The Morgan fingerprint density at radius 3 is 2.47 bits per heavy atom. The normalized spacial score (nSPS) is 13.7. The maximum atomic E-state index is 11.6. The topological polar surface area (TPSA) is 90.4 Å². The zero-order valence-corrected chi connectivity index (χ0v) is 11.8. The fourth-order valence-electron chi connectivity index (χ4n) is 1.73. The molecule has 0 aliphatic carbocycles. The quantitative estimate of drug-likeness (QED) is 0.697. The molecule has 106 valence electrons. The average molecular weight is 265 g/mol. The van der Waals surface area contributed by atoms with E-state index in [9.17, 15) is 4.79 Å². The summed E-state index contributed by atoms with van der Waals surface area (Å²) in [7, 11) is 0. The van der Waals surface area contributed by atoms with Gasteiger partial charge in [0.25, 0.3) is 0 Å². The summed E-state index contributed by atoms with van der Waals surface area (Å²) in [6, 6.07) is 5.20. The molecule has 1 aromatic rings. The Kier molecular flexibility index (Phi) is 5.79. The van der Waals surface area contributed by atoms with E-state index in [1.54, 1.807) is 0 Å². The van der Waals surface area contributed by atoms with Crippen molar-refractivity contribution in [3.8, 4) is 5.75 Å². The Hall–Kier alpha value is -1.59. The van der Waals surface area contributed by atoms with E-state index in [-0.39, 0.29) is 18.5 Å². The number of rotatable bonds is 6. The molecule has 0 fully saturated rings. The van der Waals surface area contributed by atoms with Crippen LogP contribution < -0.4 is 21.5 Å². The lowest BCUT2D eigenvalue weighted by Gasteiger charge is -2.19. The van der Waals surface area contributed by atoms with Crippen molar-refractivity contribution in [3.63, 3.8) is 0 Å². The molecule has 0 aromatic heterocycles. The van der Waals surface area contributed by atoms with Gasteiger partial charge in [0.05, 0.1) is 12.1 Å². The van der Waals surface area contributed by atoms with Gasteiger partial charge < -0.3 is 21.5 Å². The van der Waals surface area contributed by atoms with Crippen molar-refractivity contribution >= 4 is 5.91 Å². The Bertz CT molecular complexity index is 414.